The van der Waals surface area contributed by atoms with Crippen LogP contribution in [-0.4, -0.2) is 33.7 Å². The molecule has 1 aliphatic rings. The van der Waals surface area contributed by atoms with Crippen molar-refractivity contribution in [3.05, 3.63) is 30.1 Å². The molecule has 0 bridgehead atoms. The number of aliphatic hydroxyl groups is 1. The average Bonchev–Trinajstić information content (AvgIpc) is 2.55. The van der Waals surface area contributed by atoms with Gasteiger partial charge in [-0.1, -0.05) is 6.07 Å². The molecule has 1 unspecified atom stereocenters. The fourth-order valence-corrected chi connectivity index (χ4v) is 2.83. The number of nitrogens with zero attached hydrogens (tertiary/aromatic N) is 2. The molecule has 0 amide bonds. The van der Waals surface area contributed by atoms with Gasteiger partial charge in [-0.05, 0) is 44.2 Å². The molecule has 0 spiro atoms. The highest BCUT2D eigenvalue weighted by Crippen LogP contribution is 2.35. The third-order valence-electron chi connectivity index (χ3n) is 3.76. The molecule has 2 rings (SSSR count). The predicted molar refractivity (Wildman–Crippen MR) is 68.5 cm³/mol. The zero-order chi connectivity index (χ0) is 12.3. The Morgan fingerprint density at radius 1 is 1.53 bits per heavy atom. The highest BCUT2D eigenvalue weighted by atomic mass is 16.3. The smallest absolute Gasteiger partial charge is 0.0434 e. The minimum Gasteiger partial charge on any atom is -0.396 e. The summed E-state index contributed by atoms with van der Waals surface area (Å²) in [5.41, 5.74) is 1.50. The lowest BCUT2D eigenvalue weighted by atomic mass is 9.94. The number of aliphatic hydroxyl groups excluding tert-OH is 1. The van der Waals surface area contributed by atoms with Crippen molar-refractivity contribution < 1.29 is 5.11 Å². The second-order valence-corrected chi connectivity index (χ2v) is 5.64. The number of likely N-dealkylation sites (tertiary alicyclic amines) is 1. The molecule has 1 aromatic heterocycles. The van der Waals surface area contributed by atoms with Crippen molar-refractivity contribution in [3.63, 3.8) is 0 Å². The Kier molecular flexibility index (Phi) is 3.79. The van der Waals surface area contributed by atoms with Gasteiger partial charge in [0, 0.05) is 37.6 Å². The summed E-state index contributed by atoms with van der Waals surface area (Å²) in [5.74, 6) is 0.631. The van der Waals surface area contributed by atoms with Crippen molar-refractivity contribution in [2.24, 2.45) is 5.92 Å². The van der Waals surface area contributed by atoms with Crippen molar-refractivity contribution in [2.45, 2.75) is 38.8 Å². The third-order valence-corrected chi connectivity index (χ3v) is 3.76. The van der Waals surface area contributed by atoms with Gasteiger partial charge in [-0.2, -0.15) is 0 Å². The number of hydrogen-bond acceptors (Lipinski definition) is 3. The van der Waals surface area contributed by atoms with E-state index in [0.29, 0.717) is 12.5 Å². The number of hydrogen-bond donors (Lipinski definition) is 1. The molecule has 1 aromatic rings. The third kappa shape index (κ3) is 3.05. The van der Waals surface area contributed by atoms with Crippen LogP contribution in [-0.2, 0) is 6.54 Å². The lowest BCUT2D eigenvalue weighted by molar-refractivity contribution is 0.165. The van der Waals surface area contributed by atoms with E-state index >= 15 is 0 Å². The van der Waals surface area contributed by atoms with E-state index in [9.17, 15) is 0 Å². The normalized spacial score (nSPS) is 24.1. The quantitative estimate of drug-likeness (QED) is 0.866. The van der Waals surface area contributed by atoms with Crippen LogP contribution < -0.4 is 0 Å². The molecule has 2 heterocycles. The van der Waals surface area contributed by atoms with Crippen LogP contribution in [0.5, 0.6) is 0 Å². The van der Waals surface area contributed by atoms with Gasteiger partial charge in [0.05, 0.1) is 0 Å². The van der Waals surface area contributed by atoms with Gasteiger partial charge >= 0.3 is 0 Å². The molecule has 0 aliphatic carbocycles. The van der Waals surface area contributed by atoms with Crippen molar-refractivity contribution in [3.8, 4) is 0 Å². The van der Waals surface area contributed by atoms with Gasteiger partial charge in [0.15, 0.2) is 0 Å². The Morgan fingerprint density at radius 3 is 3.00 bits per heavy atom. The molecule has 17 heavy (non-hydrogen) atoms. The van der Waals surface area contributed by atoms with Gasteiger partial charge in [0.25, 0.3) is 0 Å². The van der Waals surface area contributed by atoms with E-state index in [-0.39, 0.29) is 5.54 Å². The average molecular weight is 234 g/mol. The fraction of sp³-hybridized carbons (Fsp3) is 0.643. The summed E-state index contributed by atoms with van der Waals surface area (Å²) >= 11 is 0. The van der Waals surface area contributed by atoms with Crippen LogP contribution in [0.4, 0.5) is 0 Å². The number of pyridine rings is 1. The van der Waals surface area contributed by atoms with Crippen LogP contribution in [0.15, 0.2) is 24.5 Å². The first-order valence-corrected chi connectivity index (χ1v) is 6.36. The van der Waals surface area contributed by atoms with E-state index < -0.39 is 0 Å². The highest BCUT2D eigenvalue weighted by Gasteiger charge is 2.37. The molecule has 3 nitrogen and oxygen atoms in total. The van der Waals surface area contributed by atoms with Crippen LogP contribution >= 0.6 is 0 Å². The molecule has 1 N–H and O–H groups in total. The Bertz CT molecular complexity index is 350. The summed E-state index contributed by atoms with van der Waals surface area (Å²) in [6, 6.07) is 4.12. The van der Waals surface area contributed by atoms with E-state index in [1.165, 1.54) is 12.0 Å². The first kappa shape index (κ1) is 12.5. The van der Waals surface area contributed by atoms with E-state index in [2.05, 4.69) is 29.8 Å². The van der Waals surface area contributed by atoms with Crippen LogP contribution in [0.25, 0.3) is 0 Å². The van der Waals surface area contributed by atoms with Gasteiger partial charge in [-0.3, -0.25) is 9.88 Å². The SMILES string of the molecule is CC1(C)CC(CCO)CN1Cc1cccnc1. The first-order chi connectivity index (χ1) is 8.12. The lowest BCUT2D eigenvalue weighted by Gasteiger charge is -2.31. The van der Waals surface area contributed by atoms with Crippen LogP contribution in [0, 0.1) is 5.92 Å². The Hall–Kier alpha value is -0.930. The Labute approximate surface area is 103 Å². The molecule has 0 radical (unpaired) electrons. The molecule has 3 heteroatoms. The predicted octanol–water partition coefficient (Wildman–Crippen LogP) is 2.06. The second-order valence-electron chi connectivity index (χ2n) is 5.64. The largest absolute Gasteiger partial charge is 0.396 e. The molecular weight excluding hydrogens is 212 g/mol. The molecule has 0 saturated carbocycles. The Balaban J connectivity index is 2.01. The molecular formula is C14H22N2O. The van der Waals surface area contributed by atoms with E-state index in [1.54, 1.807) is 0 Å². The van der Waals surface area contributed by atoms with Crippen LogP contribution in [0.2, 0.25) is 0 Å². The molecule has 94 valence electrons. The van der Waals surface area contributed by atoms with Gasteiger partial charge in [0.1, 0.15) is 0 Å². The Morgan fingerprint density at radius 2 is 2.35 bits per heavy atom. The topological polar surface area (TPSA) is 36.4 Å². The first-order valence-electron chi connectivity index (χ1n) is 6.36. The monoisotopic (exact) mass is 234 g/mol. The van der Waals surface area contributed by atoms with Gasteiger partial charge in [-0.25, -0.2) is 0 Å². The number of rotatable bonds is 4. The van der Waals surface area contributed by atoms with Gasteiger partial charge in [-0.15, -0.1) is 0 Å². The van der Waals surface area contributed by atoms with E-state index in [0.717, 1.165) is 19.5 Å². The van der Waals surface area contributed by atoms with Gasteiger partial charge in [0.2, 0.25) is 0 Å². The van der Waals surface area contributed by atoms with Crippen molar-refractivity contribution in [1.29, 1.82) is 0 Å². The minimum atomic E-state index is 0.232. The number of aromatic nitrogens is 1. The van der Waals surface area contributed by atoms with Crippen LogP contribution in [0.3, 0.4) is 0 Å². The van der Waals surface area contributed by atoms with E-state index in [1.807, 2.05) is 18.5 Å². The summed E-state index contributed by atoms with van der Waals surface area (Å²) in [7, 11) is 0. The highest BCUT2D eigenvalue weighted by molar-refractivity contribution is 5.10. The second kappa shape index (κ2) is 5.15. The van der Waals surface area contributed by atoms with E-state index in [4.69, 9.17) is 5.11 Å². The minimum absolute atomic E-state index is 0.232. The summed E-state index contributed by atoms with van der Waals surface area (Å²) in [5, 5.41) is 9.04. The summed E-state index contributed by atoms with van der Waals surface area (Å²) in [6.45, 7) is 6.94. The zero-order valence-corrected chi connectivity index (χ0v) is 10.8. The molecule has 0 aromatic carbocycles. The molecule has 1 aliphatic heterocycles. The van der Waals surface area contributed by atoms with Gasteiger partial charge < -0.3 is 5.11 Å². The molecule has 1 saturated heterocycles. The maximum atomic E-state index is 9.04. The summed E-state index contributed by atoms with van der Waals surface area (Å²) in [6.07, 6.45) is 5.85. The molecule has 1 fully saturated rings. The van der Waals surface area contributed by atoms with Crippen LogP contribution in [0.1, 0.15) is 32.3 Å². The standard InChI is InChI=1S/C14H22N2O/c1-14(2)8-12(5-7-17)10-16(14)11-13-4-3-6-15-9-13/h3-4,6,9,12,17H,5,7-8,10-11H2,1-2H3. The maximum Gasteiger partial charge on any atom is 0.0434 e. The summed E-state index contributed by atoms with van der Waals surface area (Å²) < 4.78 is 0. The lowest BCUT2D eigenvalue weighted by Crippen LogP contribution is -2.37. The molecule has 1 atom stereocenters. The van der Waals surface area contributed by atoms with Crippen molar-refractivity contribution >= 4 is 0 Å². The maximum absolute atomic E-state index is 9.04. The van der Waals surface area contributed by atoms with Crippen molar-refractivity contribution in [1.82, 2.24) is 9.88 Å². The fourth-order valence-electron chi connectivity index (χ4n) is 2.83. The summed E-state index contributed by atoms with van der Waals surface area (Å²) in [4.78, 5) is 6.67. The zero-order valence-electron chi connectivity index (χ0n) is 10.8. The van der Waals surface area contributed by atoms with Crippen molar-refractivity contribution in [2.75, 3.05) is 13.2 Å².